The molecule has 1 aliphatic carbocycles. The fraction of sp³-hybridized carbons (Fsp3) is 0.526. The van der Waals surface area contributed by atoms with Gasteiger partial charge in [0.15, 0.2) is 12.6 Å². The largest absolute Gasteiger partial charge is 0.468 e. The van der Waals surface area contributed by atoms with E-state index in [0.717, 1.165) is 32.2 Å². The molecule has 3 aliphatic heterocycles. The molecule has 2 aromatic carbocycles. The number of nitrogens with zero attached hydrogens (tertiary/aromatic N) is 6. The molecule has 3 saturated heterocycles. The lowest BCUT2D eigenvalue weighted by atomic mass is 9.95. The number of methoxy groups -OCH3 is 1. The van der Waals surface area contributed by atoms with Crippen LogP contribution in [0, 0.1) is 11.6 Å². The van der Waals surface area contributed by atoms with E-state index >= 15 is 8.78 Å². The Labute approximate surface area is 300 Å². The highest BCUT2D eigenvalue weighted by atomic mass is 19.1. The van der Waals surface area contributed by atoms with Gasteiger partial charge in [-0.3, -0.25) is 14.8 Å². The van der Waals surface area contributed by atoms with Crippen molar-refractivity contribution < 1.29 is 36.9 Å². The molecular formula is C38H43F3N6O5. The van der Waals surface area contributed by atoms with Crippen LogP contribution in [0.15, 0.2) is 36.5 Å². The highest BCUT2D eigenvalue weighted by molar-refractivity contribution is 6.00. The Morgan fingerprint density at radius 1 is 1.06 bits per heavy atom. The molecule has 1 spiro atoms. The smallest absolute Gasteiger partial charge is 0.410 e. The normalized spacial score (nSPS) is 22.7. The monoisotopic (exact) mass is 720 g/mol. The van der Waals surface area contributed by atoms with Crippen LogP contribution in [0.5, 0.6) is 11.8 Å². The van der Waals surface area contributed by atoms with Crippen LogP contribution in [0.1, 0.15) is 52.9 Å². The van der Waals surface area contributed by atoms with Crippen LogP contribution in [0.4, 0.5) is 23.8 Å². The predicted octanol–water partition coefficient (Wildman–Crippen LogP) is 6.65. The molecule has 2 aromatic heterocycles. The van der Waals surface area contributed by atoms with E-state index in [1.54, 1.807) is 23.1 Å². The van der Waals surface area contributed by atoms with Crippen molar-refractivity contribution in [2.75, 3.05) is 58.1 Å². The maximum absolute atomic E-state index is 17.1. The number of anilines is 1. The molecule has 4 aromatic rings. The first-order valence-electron chi connectivity index (χ1n) is 17.9. The van der Waals surface area contributed by atoms with Crippen LogP contribution < -0.4 is 14.4 Å². The topological polar surface area (TPSA) is 102 Å². The van der Waals surface area contributed by atoms with Gasteiger partial charge in [0.05, 0.1) is 16.5 Å². The number of hydrogen-bond acceptors (Lipinski definition) is 10. The summed E-state index contributed by atoms with van der Waals surface area (Å²) < 4.78 is 69.9. The molecule has 5 heterocycles. The van der Waals surface area contributed by atoms with Gasteiger partial charge in [0.1, 0.15) is 47.0 Å². The Hall–Kier alpha value is -4.43. The van der Waals surface area contributed by atoms with Gasteiger partial charge < -0.3 is 23.8 Å². The van der Waals surface area contributed by atoms with E-state index in [1.807, 2.05) is 25.7 Å². The Bertz CT molecular complexity index is 2040. The molecule has 14 heteroatoms. The van der Waals surface area contributed by atoms with Crippen molar-refractivity contribution in [3.05, 3.63) is 48.2 Å². The van der Waals surface area contributed by atoms with Gasteiger partial charge in [-0.15, -0.1) is 0 Å². The zero-order valence-corrected chi connectivity index (χ0v) is 29.9. The molecule has 11 nitrogen and oxygen atoms in total. The number of halogens is 3. The molecule has 8 rings (SSSR count). The quantitative estimate of drug-likeness (QED) is 0.184. The maximum atomic E-state index is 17.1. The second-order valence-electron chi connectivity index (χ2n) is 15.5. The summed E-state index contributed by atoms with van der Waals surface area (Å²) in [4.78, 5) is 33.2. The first-order valence-corrected chi connectivity index (χ1v) is 17.9. The summed E-state index contributed by atoms with van der Waals surface area (Å²) in [6.07, 6.45) is 3.84. The van der Waals surface area contributed by atoms with E-state index in [4.69, 9.17) is 23.9 Å². The highest BCUT2D eigenvalue weighted by Gasteiger charge is 2.55. The number of rotatable bonds is 8. The van der Waals surface area contributed by atoms with E-state index in [1.165, 1.54) is 25.4 Å². The van der Waals surface area contributed by atoms with Gasteiger partial charge in [-0.05, 0) is 76.6 Å². The number of hydrogen-bond donors (Lipinski definition) is 0. The molecule has 4 aliphatic rings. The van der Waals surface area contributed by atoms with Crippen molar-refractivity contribution in [3.8, 4) is 23.0 Å². The van der Waals surface area contributed by atoms with Gasteiger partial charge in [-0.2, -0.15) is 9.97 Å². The number of ether oxygens (including phenoxy) is 4. The van der Waals surface area contributed by atoms with Gasteiger partial charge in [0, 0.05) is 56.9 Å². The Balaban J connectivity index is 1.22. The van der Waals surface area contributed by atoms with Crippen LogP contribution in [0.3, 0.4) is 0 Å². The second kappa shape index (κ2) is 12.9. The zero-order chi connectivity index (χ0) is 36.4. The third-order valence-electron chi connectivity index (χ3n) is 10.8. The molecule has 1 saturated carbocycles. The molecule has 0 bridgehead atoms. The van der Waals surface area contributed by atoms with E-state index < -0.39 is 34.5 Å². The number of benzene rings is 2. The van der Waals surface area contributed by atoms with Gasteiger partial charge in [0.2, 0.25) is 0 Å². The lowest BCUT2D eigenvalue weighted by molar-refractivity contribution is 0.0106. The van der Waals surface area contributed by atoms with E-state index in [2.05, 4.69) is 14.9 Å². The van der Waals surface area contributed by atoms with Crippen molar-refractivity contribution in [2.45, 2.75) is 75.7 Å². The molecule has 0 N–H and O–H groups in total. The van der Waals surface area contributed by atoms with Crippen LogP contribution in [-0.2, 0) is 9.47 Å². The average molecular weight is 721 g/mol. The van der Waals surface area contributed by atoms with Crippen LogP contribution in [0.25, 0.3) is 32.9 Å². The number of carbonyl (C=O) groups is 1. The van der Waals surface area contributed by atoms with Crippen LogP contribution in [-0.4, -0.2) is 107 Å². The van der Waals surface area contributed by atoms with E-state index in [-0.39, 0.29) is 47.7 Å². The summed E-state index contributed by atoms with van der Waals surface area (Å²) in [5.41, 5.74) is -1.55. The van der Waals surface area contributed by atoms with E-state index in [0.29, 0.717) is 54.9 Å². The summed E-state index contributed by atoms with van der Waals surface area (Å²) in [5, 5.41) is 1.02. The lowest BCUT2D eigenvalue weighted by Gasteiger charge is -2.43. The number of piperazine rings is 1. The molecule has 52 heavy (non-hydrogen) atoms. The summed E-state index contributed by atoms with van der Waals surface area (Å²) in [7, 11) is 1.48. The van der Waals surface area contributed by atoms with Gasteiger partial charge in [-0.25, -0.2) is 18.0 Å². The molecule has 0 unspecified atom stereocenters. The van der Waals surface area contributed by atoms with Crippen molar-refractivity contribution in [3.63, 3.8) is 0 Å². The first kappa shape index (κ1) is 34.6. The predicted molar refractivity (Wildman–Crippen MR) is 188 cm³/mol. The summed E-state index contributed by atoms with van der Waals surface area (Å²) in [5.74, 6) is -0.556. The summed E-state index contributed by atoms with van der Waals surface area (Å²) in [6.45, 7) is 7.98. The highest BCUT2D eigenvalue weighted by Crippen LogP contribution is 2.47. The Morgan fingerprint density at radius 3 is 2.65 bits per heavy atom. The fourth-order valence-corrected chi connectivity index (χ4v) is 8.25. The zero-order valence-electron chi connectivity index (χ0n) is 29.9. The summed E-state index contributed by atoms with van der Waals surface area (Å²) >= 11 is 0. The van der Waals surface area contributed by atoms with Gasteiger partial charge in [-0.1, -0.05) is 12.1 Å². The molecule has 2 atom stereocenters. The van der Waals surface area contributed by atoms with Gasteiger partial charge >= 0.3 is 12.1 Å². The first-order chi connectivity index (χ1) is 24.9. The SMILES string of the molecule is COCOc1cc(-c2ncc3c(N4CCN(C(=O)OC(C)(C)C)C5(CC5)C4)nc(OC[C@@]45CCCN4C[C@H](F)C5)nc3c2F)c2c(F)cccc2c1. The van der Waals surface area contributed by atoms with Crippen molar-refractivity contribution in [1.82, 2.24) is 24.8 Å². The third kappa shape index (κ3) is 6.23. The average Bonchev–Trinajstić information content (AvgIpc) is 3.63. The number of aromatic nitrogens is 3. The maximum Gasteiger partial charge on any atom is 0.410 e. The van der Waals surface area contributed by atoms with Crippen molar-refractivity contribution in [2.24, 2.45) is 0 Å². The Morgan fingerprint density at radius 2 is 1.88 bits per heavy atom. The molecule has 276 valence electrons. The standard InChI is InChI=1S/C38H43F3N6O5/c1-36(2,3)52-35(48)47-14-13-45(20-37(47)10-11-37)33-27-18-42-31(26-16-25(51-22-49-4)15-23-7-5-8-28(40)29(23)26)30(41)32(27)43-34(44-33)50-21-38-9-6-12-46(38)19-24(39)17-38/h5,7-8,15-16,18,24H,6,9-14,17,19-22H2,1-4H3/t24-,38+/m1/s1. The number of carbonyl (C=O) groups excluding carboxylic acids is 1. The molecule has 4 fully saturated rings. The lowest BCUT2D eigenvalue weighted by Crippen LogP contribution is -2.58. The second-order valence-corrected chi connectivity index (χ2v) is 15.5. The van der Waals surface area contributed by atoms with E-state index in [9.17, 15) is 9.18 Å². The molecule has 1 amide bonds. The minimum atomic E-state index is -0.946. The van der Waals surface area contributed by atoms with Gasteiger partial charge in [0.25, 0.3) is 0 Å². The number of pyridine rings is 1. The third-order valence-corrected chi connectivity index (χ3v) is 10.8. The Kier molecular flexibility index (Phi) is 8.60. The van der Waals surface area contributed by atoms with Crippen LogP contribution in [0.2, 0.25) is 0 Å². The van der Waals surface area contributed by atoms with Crippen molar-refractivity contribution >= 4 is 33.6 Å². The fourth-order valence-electron chi connectivity index (χ4n) is 8.25. The minimum absolute atomic E-state index is 0.0466. The molecule has 0 radical (unpaired) electrons. The molecular weight excluding hydrogens is 677 g/mol. The summed E-state index contributed by atoms with van der Waals surface area (Å²) in [6, 6.07) is 7.75. The number of amides is 1. The number of alkyl halides is 1. The van der Waals surface area contributed by atoms with Crippen LogP contribution >= 0.6 is 0 Å². The minimum Gasteiger partial charge on any atom is -0.468 e. The number of fused-ring (bicyclic) bond motifs is 3. The van der Waals surface area contributed by atoms with Crippen molar-refractivity contribution in [1.29, 1.82) is 0 Å².